The third kappa shape index (κ3) is 2.98. The Morgan fingerprint density at radius 3 is 2.83 bits per heavy atom. The number of hydrogen-bond donors (Lipinski definition) is 1. The Kier molecular flexibility index (Phi) is 3.81. The maximum Gasteiger partial charge on any atom is 0.254 e. The largest absolute Gasteiger partial charge is 0.357 e. The van der Waals surface area contributed by atoms with Crippen molar-refractivity contribution in [1.82, 2.24) is 9.88 Å². The van der Waals surface area contributed by atoms with E-state index in [2.05, 4.69) is 21.2 Å². The van der Waals surface area contributed by atoms with E-state index in [0.29, 0.717) is 11.0 Å². The molecule has 0 radical (unpaired) electrons. The zero-order chi connectivity index (χ0) is 13.1. The van der Waals surface area contributed by atoms with Crippen molar-refractivity contribution in [3.63, 3.8) is 0 Å². The van der Waals surface area contributed by atoms with Crippen molar-refractivity contribution in [2.75, 3.05) is 0 Å². The van der Waals surface area contributed by atoms with Crippen molar-refractivity contribution < 1.29 is 9.18 Å². The summed E-state index contributed by atoms with van der Waals surface area (Å²) in [6.07, 6.45) is 3.79. The molecule has 1 N–H and O–H groups in total. The average Bonchev–Trinajstić information content (AvgIpc) is 2.72. The smallest absolute Gasteiger partial charge is 0.254 e. The van der Waals surface area contributed by atoms with Crippen LogP contribution in [0.15, 0.2) is 41.1 Å². The summed E-state index contributed by atoms with van der Waals surface area (Å²) >= 11 is 3.15. The van der Waals surface area contributed by atoms with Gasteiger partial charge in [0.2, 0.25) is 0 Å². The van der Waals surface area contributed by atoms with Gasteiger partial charge in [0.05, 0.1) is 5.56 Å². The summed E-state index contributed by atoms with van der Waals surface area (Å²) in [5.41, 5.74) is 1.03. The van der Waals surface area contributed by atoms with Crippen molar-refractivity contribution in [3.8, 4) is 0 Å². The van der Waals surface area contributed by atoms with E-state index in [4.69, 9.17) is 0 Å². The van der Waals surface area contributed by atoms with Crippen LogP contribution in [0, 0.1) is 5.82 Å². The molecule has 0 bridgehead atoms. The first-order chi connectivity index (χ1) is 8.56. The van der Waals surface area contributed by atoms with Crippen LogP contribution in [0.2, 0.25) is 0 Å². The van der Waals surface area contributed by atoms with E-state index in [9.17, 15) is 9.18 Å². The molecular formula is C13H12BrFN2O. The highest BCUT2D eigenvalue weighted by molar-refractivity contribution is 9.10. The third-order valence-electron chi connectivity index (χ3n) is 2.52. The Labute approximate surface area is 113 Å². The Bertz CT molecular complexity index is 580. The van der Waals surface area contributed by atoms with E-state index < -0.39 is 11.7 Å². The lowest BCUT2D eigenvalue weighted by Gasteiger charge is -2.05. The standard InChI is InChI=1S/C13H12BrFN2O/c1-17-5-4-9(8-17)7-16-13(18)11-3-2-10(14)6-12(11)15/h2-6,8H,7H2,1H3,(H,16,18). The first kappa shape index (κ1) is 12.8. The van der Waals surface area contributed by atoms with Gasteiger partial charge in [-0.05, 0) is 29.8 Å². The first-order valence-corrected chi connectivity index (χ1v) is 6.19. The summed E-state index contributed by atoms with van der Waals surface area (Å²) in [7, 11) is 1.90. The molecule has 1 aromatic carbocycles. The molecule has 0 aliphatic rings. The van der Waals surface area contributed by atoms with E-state index in [1.54, 1.807) is 6.07 Å². The van der Waals surface area contributed by atoms with E-state index in [1.807, 2.05) is 30.1 Å². The maximum absolute atomic E-state index is 13.5. The van der Waals surface area contributed by atoms with Gasteiger partial charge >= 0.3 is 0 Å². The Hall–Kier alpha value is -1.62. The summed E-state index contributed by atoms with van der Waals surface area (Å²) in [4.78, 5) is 11.8. The topological polar surface area (TPSA) is 34.0 Å². The Balaban J connectivity index is 2.03. The predicted octanol–water partition coefficient (Wildman–Crippen LogP) is 2.86. The molecule has 0 saturated carbocycles. The summed E-state index contributed by atoms with van der Waals surface area (Å²) in [5, 5.41) is 2.68. The van der Waals surface area contributed by atoms with Gasteiger partial charge in [-0.3, -0.25) is 4.79 Å². The van der Waals surface area contributed by atoms with Crippen LogP contribution in [0.3, 0.4) is 0 Å². The number of aromatic nitrogens is 1. The molecule has 1 heterocycles. The van der Waals surface area contributed by atoms with Crippen molar-refractivity contribution in [2.24, 2.45) is 7.05 Å². The monoisotopic (exact) mass is 310 g/mol. The van der Waals surface area contributed by atoms with Gasteiger partial charge in [0.15, 0.2) is 0 Å². The summed E-state index contributed by atoms with van der Waals surface area (Å²) < 4.78 is 16.0. The van der Waals surface area contributed by atoms with Crippen LogP contribution in [0.5, 0.6) is 0 Å². The molecule has 0 atom stereocenters. The molecule has 2 rings (SSSR count). The minimum atomic E-state index is -0.532. The number of halogens is 2. The number of hydrogen-bond acceptors (Lipinski definition) is 1. The molecule has 94 valence electrons. The number of aryl methyl sites for hydroxylation is 1. The van der Waals surface area contributed by atoms with Crippen LogP contribution in [0.1, 0.15) is 15.9 Å². The Morgan fingerprint density at radius 2 is 2.22 bits per heavy atom. The average molecular weight is 311 g/mol. The number of amides is 1. The highest BCUT2D eigenvalue weighted by Crippen LogP contribution is 2.15. The van der Waals surface area contributed by atoms with E-state index in [0.717, 1.165) is 5.56 Å². The maximum atomic E-state index is 13.5. The minimum Gasteiger partial charge on any atom is -0.357 e. The summed E-state index contributed by atoms with van der Waals surface area (Å²) in [6, 6.07) is 6.27. The number of nitrogens with zero attached hydrogens (tertiary/aromatic N) is 1. The molecule has 5 heteroatoms. The molecule has 1 aromatic heterocycles. The van der Waals surface area contributed by atoms with Crippen molar-refractivity contribution >= 4 is 21.8 Å². The molecule has 0 fully saturated rings. The van der Waals surface area contributed by atoms with Crippen molar-refractivity contribution in [3.05, 3.63) is 58.1 Å². The fourth-order valence-electron chi connectivity index (χ4n) is 1.62. The molecule has 18 heavy (non-hydrogen) atoms. The molecule has 0 spiro atoms. The molecule has 0 aliphatic carbocycles. The normalized spacial score (nSPS) is 10.4. The van der Waals surface area contributed by atoms with Gasteiger partial charge in [0, 0.05) is 30.5 Å². The van der Waals surface area contributed by atoms with Gasteiger partial charge in [-0.15, -0.1) is 0 Å². The molecule has 1 amide bonds. The fraction of sp³-hybridized carbons (Fsp3) is 0.154. The van der Waals surface area contributed by atoms with E-state index in [1.165, 1.54) is 12.1 Å². The van der Waals surface area contributed by atoms with Gasteiger partial charge in [0.1, 0.15) is 5.82 Å². The van der Waals surface area contributed by atoms with Crippen LogP contribution < -0.4 is 5.32 Å². The highest BCUT2D eigenvalue weighted by Gasteiger charge is 2.11. The van der Waals surface area contributed by atoms with Gasteiger partial charge < -0.3 is 9.88 Å². The van der Waals surface area contributed by atoms with E-state index >= 15 is 0 Å². The zero-order valence-electron chi connectivity index (χ0n) is 9.78. The van der Waals surface area contributed by atoms with Gasteiger partial charge in [-0.1, -0.05) is 15.9 Å². The summed E-state index contributed by atoms with van der Waals surface area (Å²) in [6.45, 7) is 0.384. The number of carbonyl (C=O) groups is 1. The van der Waals surface area contributed by atoms with Crippen LogP contribution >= 0.6 is 15.9 Å². The van der Waals surface area contributed by atoms with Crippen molar-refractivity contribution in [1.29, 1.82) is 0 Å². The quantitative estimate of drug-likeness (QED) is 0.929. The van der Waals surface area contributed by atoms with Crippen LogP contribution in [0.4, 0.5) is 4.39 Å². The molecule has 3 nitrogen and oxygen atoms in total. The molecule has 0 unspecified atom stereocenters. The highest BCUT2D eigenvalue weighted by atomic mass is 79.9. The Morgan fingerprint density at radius 1 is 1.44 bits per heavy atom. The third-order valence-corrected chi connectivity index (χ3v) is 3.02. The molecular weight excluding hydrogens is 299 g/mol. The van der Waals surface area contributed by atoms with Crippen LogP contribution in [-0.2, 0) is 13.6 Å². The van der Waals surface area contributed by atoms with Crippen LogP contribution in [-0.4, -0.2) is 10.5 Å². The lowest BCUT2D eigenvalue weighted by molar-refractivity contribution is 0.0947. The number of carbonyl (C=O) groups excluding carboxylic acids is 1. The van der Waals surface area contributed by atoms with Crippen molar-refractivity contribution in [2.45, 2.75) is 6.54 Å². The lowest BCUT2D eigenvalue weighted by atomic mass is 10.2. The van der Waals surface area contributed by atoms with Gasteiger partial charge in [-0.2, -0.15) is 0 Å². The van der Waals surface area contributed by atoms with Gasteiger partial charge in [0.25, 0.3) is 5.91 Å². The number of nitrogens with one attached hydrogen (secondary N) is 1. The van der Waals surface area contributed by atoms with Crippen LogP contribution in [0.25, 0.3) is 0 Å². The predicted molar refractivity (Wildman–Crippen MR) is 70.7 cm³/mol. The lowest BCUT2D eigenvalue weighted by Crippen LogP contribution is -2.23. The van der Waals surface area contributed by atoms with Gasteiger partial charge in [-0.25, -0.2) is 4.39 Å². The second-order valence-electron chi connectivity index (χ2n) is 3.99. The number of benzene rings is 1. The summed E-state index contributed by atoms with van der Waals surface area (Å²) in [5.74, 6) is -0.946. The molecule has 0 saturated heterocycles. The SMILES string of the molecule is Cn1ccc(CNC(=O)c2ccc(Br)cc2F)c1. The fourth-order valence-corrected chi connectivity index (χ4v) is 1.95. The zero-order valence-corrected chi connectivity index (χ0v) is 11.4. The number of rotatable bonds is 3. The first-order valence-electron chi connectivity index (χ1n) is 5.40. The second kappa shape index (κ2) is 5.35. The molecule has 0 aliphatic heterocycles. The second-order valence-corrected chi connectivity index (χ2v) is 4.91. The molecule has 2 aromatic rings. The minimum absolute atomic E-state index is 0.0501. The van der Waals surface area contributed by atoms with E-state index in [-0.39, 0.29) is 5.56 Å².